The summed E-state index contributed by atoms with van der Waals surface area (Å²) in [5, 5.41) is 3.66. The second kappa shape index (κ2) is 8.83. The summed E-state index contributed by atoms with van der Waals surface area (Å²) in [5.74, 6) is 1.97. The van der Waals surface area contributed by atoms with Gasteiger partial charge in [-0.25, -0.2) is 4.98 Å². The number of ether oxygens (including phenoxy) is 2. The third-order valence-corrected chi connectivity index (χ3v) is 4.57. The van der Waals surface area contributed by atoms with Crippen LogP contribution in [0.4, 0.5) is 5.82 Å². The standard InChI is InChI=1S/C20H27N3O2/c1-23(11-13-24-2)20-10-9-16(15-22-20)14-21-18-7-5-12-25-19-8-4-3-6-17(18)19/h3-4,6,8-10,15,18,21H,5,7,11-14H2,1-2H3. The average molecular weight is 341 g/mol. The van der Waals surface area contributed by atoms with Crippen LogP contribution >= 0.6 is 0 Å². The molecule has 1 aliphatic rings. The number of nitrogens with one attached hydrogen (secondary N) is 1. The molecule has 2 heterocycles. The van der Waals surface area contributed by atoms with Gasteiger partial charge in [-0.3, -0.25) is 0 Å². The van der Waals surface area contributed by atoms with Crippen molar-refractivity contribution in [3.8, 4) is 5.75 Å². The minimum Gasteiger partial charge on any atom is -0.493 e. The van der Waals surface area contributed by atoms with Crippen LogP contribution in [0.1, 0.15) is 30.0 Å². The van der Waals surface area contributed by atoms with Crippen molar-refractivity contribution in [2.75, 3.05) is 38.8 Å². The molecule has 134 valence electrons. The molecule has 1 aliphatic heterocycles. The minimum atomic E-state index is 0.322. The fourth-order valence-corrected chi connectivity index (χ4v) is 3.07. The third-order valence-electron chi connectivity index (χ3n) is 4.57. The number of para-hydroxylation sites is 1. The van der Waals surface area contributed by atoms with E-state index in [-0.39, 0.29) is 0 Å². The van der Waals surface area contributed by atoms with E-state index in [9.17, 15) is 0 Å². The molecule has 5 nitrogen and oxygen atoms in total. The maximum Gasteiger partial charge on any atom is 0.128 e. The molecule has 25 heavy (non-hydrogen) atoms. The number of nitrogens with zero attached hydrogens (tertiary/aromatic N) is 2. The minimum absolute atomic E-state index is 0.322. The van der Waals surface area contributed by atoms with E-state index in [1.54, 1.807) is 7.11 Å². The highest BCUT2D eigenvalue weighted by Crippen LogP contribution is 2.31. The van der Waals surface area contributed by atoms with Crippen LogP contribution < -0.4 is 15.0 Å². The predicted molar refractivity (Wildman–Crippen MR) is 100 cm³/mol. The molecule has 1 atom stereocenters. The largest absolute Gasteiger partial charge is 0.493 e. The van der Waals surface area contributed by atoms with Crippen LogP contribution in [0, 0.1) is 0 Å². The number of hydrogen-bond acceptors (Lipinski definition) is 5. The lowest BCUT2D eigenvalue weighted by atomic mass is 10.0. The highest BCUT2D eigenvalue weighted by atomic mass is 16.5. The number of anilines is 1. The molecule has 0 bridgehead atoms. The zero-order chi connectivity index (χ0) is 17.5. The predicted octanol–water partition coefficient (Wildman–Crippen LogP) is 3.17. The first-order valence-electron chi connectivity index (χ1n) is 8.88. The second-order valence-electron chi connectivity index (χ2n) is 6.40. The number of aromatic nitrogens is 1. The van der Waals surface area contributed by atoms with E-state index in [2.05, 4.69) is 45.5 Å². The van der Waals surface area contributed by atoms with E-state index in [4.69, 9.17) is 9.47 Å². The summed E-state index contributed by atoms with van der Waals surface area (Å²) in [5.41, 5.74) is 2.44. The summed E-state index contributed by atoms with van der Waals surface area (Å²) >= 11 is 0. The van der Waals surface area contributed by atoms with Crippen LogP contribution in [0.3, 0.4) is 0 Å². The summed E-state index contributed by atoms with van der Waals surface area (Å²) in [4.78, 5) is 6.66. The van der Waals surface area contributed by atoms with Gasteiger partial charge in [0.25, 0.3) is 0 Å². The number of benzene rings is 1. The molecule has 1 unspecified atom stereocenters. The molecule has 0 radical (unpaired) electrons. The molecule has 1 aromatic heterocycles. The van der Waals surface area contributed by atoms with Crippen molar-refractivity contribution in [1.82, 2.24) is 10.3 Å². The highest BCUT2D eigenvalue weighted by molar-refractivity contribution is 5.39. The van der Waals surface area contributed by atoms with E-state index in [1.165, 1.54) is 11.1 Å². The molecular weight excluding hydrogens is 314 g/mol. The van der Waals surface area contributed by atoms with Gasteiger partial charge in [0.2, 0.25) is 0 Å². The highest BCUT2D eigenvalue weighted by Gasteiger charge is 2.18. The first-order valence-corrected chi connectivity index (χ1v) is 8.88. The van der Waals surface area contributed by atoms with Gasteiger partial charge in [-0.2, -0.15) is 0 Å². The van der Waals surface area contributed by atoms with Crippen molar-refractivity contribution in [2.24, 2.45) is 0 Å². The molecule has 0 fully saturated rings. The molecule has 0 amide bonds. The molecule has 0 saturated carbocycles. The average Bonchev–Trinajstić information content (AvgIpc) is 2.87. The Morgan fingerprint density at radius 3 is 2.96 bits per heavy atom. The van der Waals surface area contributed by atoms with Crippen molar-refractivity contribution in [1.29, 1.82) is 0 Å². The van der Waals surface area contributed by atoms with E-state index in [1.807, 2.05) is 19.3 Å². The number of pyridine rings is 1. The van der Waals surface area contributed by atoms with Gasteiger partial charge in [-0.1, -0.05) is 24.3 Å². The number of likely N-dealkylation sites (N-methyl/N-ethyl adjacent to an activating group) is 1. The Morgan fingerprint density at radius 2 is 2.16 bits per heavy atom. The van der Waals surface area contributed by atoms with Gasteiger partial charge in [-0.05, 0) is 30.5 Å². The van der Waals surface area contributed by atoms with Crippen LogP contribution in [0.2, 0.25) is 0 Å². The summed E-state index contributed by atoms with van der Waals surface area (Å²) in [6, 6.07) is 12.8. The summed E-state index contributed by atoms with van der Waals surface area (Å²) in [6.45, 7) is 3.12. The van der Waals surface area contributed by atoms with Crippen molar-refractivity contribution in [3.63, 3.8) is 0 Å². The lowest BCUT2D eigenvalue weighted by Gasteiger charge is -2.19. The van der Waals surface area contributed by atoms with Gasteiger partial charge >= 0.3 is 0 Å². The zero-order valence-corrected chi connectivity index (χ0v) is 15.1. The molecule has 0 aliphatic carbocycles. The normalized spacial score (nSPS) is 16.6. The molecule has 0 spiro atoms. The summed E-state index contributed by atoms with van der Waals surface area (Å²) in [7, 11) is 3.74. The summed E-state index contributed by atoms with van der Waals surface area (Å²) < 4.78 is 10.9. The number of hydrogen-bond donors (Lipinski definition) is 1. The van der Waals surface area contributed by atoms with Gasteiger partial charge in [0, 0.05) is 45.0 Å². The van der Waals surface area contributed by atoms with Gasteiger partial charge < -0.3 is 19.7 Å². The van der Waals surface area contributed by atoms with Crippen LogP contribution in [0.5, 0.6) is 5.75 Å². The maximum absolute atomic E-state index is 5.84. The number of rotatable bonds is 7. The van der Waals surface area contributed by atoms with Gasteiger partial charge in [0.1, 0.15) is 11.6 Å². The Morgan fingerprint density at radius 1 is 1.28 bits per heavy atom. The lowest BCUT2D eigenvalue weighted by molar-refractivity contribution is 0.206. The Hall–Kier alpha value is -2.11. The smallest absolute Gasteiger partial charge is 0.128 e. The fourth-order valence-electron chi connectivity index (χ4n) is 3.07. The first kappa shape index (κ1) is 17.7. The molecule has 2 aromatic rings. The Kier molecular flexibility index (Phi) is 6.25. The van der Waals surface area contributed by atoms with Crippen molar-refractivity contribution >= 4 is 5.82 Å². The molecular formula is C20H27N3O2. The number of fused-ring (bicyclic) bond motifs is 1. The monoisotopic (exact) mass is 341 g/mol. The van der Waals surface area contributed by atoms with Crippen molar-refractivity contribution in [2.45, 2.75) is 25.4 Å². The third kappa shape index (κ3) is 4.71. The van der Waals surface area contributed by atoms with E-state index < -0.39 is 0 Å². The molecule has 1 N–H and O–H groups in total. The SMILES string of the molecule is COCCN(C)c1ccc(CNC2CCCOc3ccccc32)cn1. The van der Waals surface area contributed by atoms with Crippen molar-refractivity contribution < 1.29 is 9.47 Å². The van der Waals surface area contributed by atoms with E-state index in [0.29, 0.717) is 12.6 Å². The Bertz CT molecular complexity index is 660. The van der Waals surface area contributed by atoms with E-state index in [0.717, 1.165) is 44.1 Å². The van der Waals surface area contributed by atoms with Crippen LogP contribution in [-0.2, 0) is 11.3 Å². The van der Waals surface area contributed by atoms with E-state index >= 15 is 0 Å². The topological polar surface area (TPSA) is 46.6 Å². The Balaban J connectivity index is 1.60. The maximum atomic E-state index is 5.84. The van der Waals surface area contributed by atoms with Gasteiger partial charge in [0.15, 0.2) is 0 Å². The molecule has 3 rings (SSSR count). The van der Waals surface area contributed by atoms with Gasteiger partial charge in [-0.15, -0.1) is 0 Å². The van der Waals surface area contributed by atoms with Crippen LogP contribution in [-0.4, -0.2) is 38.9 Å². The molecule has 5 heteroatoms. The zero-order valence-electron chi connectivity index (χ0n) is 15.1. The lowest BCUT2D eigenvalue weighted by Crippen LogP contribution is -2.23. The second-order valence-corrected chi connectivity index (χ2v) is 6.40. The van der Waals surface area contributed by atoms with Crippen LogP contribution in [0.25, 0.3) is 0 Å². The van der Waals surface area contributed by atoms with Crippen molar-refractivity contribution in [3.05, 3.63) is 53.7 Å². The molecule has 1 aromatic carbocycles. The fraction of sp³-hybridized carbons (Fsp3) is 0.450. The number of methoxy groups -OCH3 is 1. The quantitative estimate of drug-likeness (QED) is 0.838. The Labute approximate surface area is 150 Å². The van der Waals surface area contributed by atoms with Gasteiger partial charge in [0.05, 0.1) is 13.2 Å². The van der Waals surface area contributed by atoms with Crippen LogP contribution in [0.15, 0.2) is 42.6 Å². The summed E-state index contributed by atoms with van der Waals surface area (Å²) in [6.07, 6.45) is 4.10. The first-order chi connectivity index (χ1) is 12.3. The molecule has 0 saturated heterocycles.